The third-order valence-electron chi connectivity index (χ3n) is 1.63. The van der Waals surface area contributed by atoms with Crippen molar-refractivity contribution in [3.8, 4) is 5.75 Å². The van der Waals surface area contributed by atoms with E-state index in [0.29, 0.717) is 0 Å². The van der Waals surface area contributed by atoms with Gasteiger partial charge in [0.1, 0.15) is 0 Å². The molecule has 0 fully saturated rings. The van der Waals surface area contributed by atoms with Gasteiger partial charge in [-0.3, -0.25) is 0 Å². The van der Waals surface area contributed by atoms with Gasteiger partial charge in [0.25, 0.3) is 0 Å². The van der Waals surface area contributed by atoms with E-state index in [1.54, 1.807) is 7.11 Å². The van der Waals surface area contributed by atoms with E-state index < -0.39 is 13.7 Å². The fourth-order valence-corrected chi connectivity index (χ4v) is 3.27. The molecule has 0 amide bonds. The molecular weight excluding hydrogens is 234 g/mol. The van der Waals surface area contributed by atoms with E-state index in [4.69, 9.17) is 14.7 Å². The second-order valence-corrected chi connectivity index (χ2v) is 8.43. The van der Waals surface area contributed by atoms with Gasteiger partial charge in [-0.15, -0.1) is 0 Å². The van der Waals surface area contributed by atoms with Crippen molar-refractivity contribution in [3.63, 3.8) is 0 Å². The van der Waals surface area contributed by atoms with Crippen molar-refractivity contribution < 1.29 is 4.74 Å². The Morgan fingerprint density at radius 3 is 2.33 bits per heavy atom. The predicted molar refractivity (Wildman–Crippen MR) is 54.7 cm³/mol. The summed E-state index contributed by atoms with van der Waals surface area (Å²) in [6.07, 6.45) is 0. The van der Waals surface area contributed by atoms with Crippen LogP contribution in [-0.2, 0) is 0 Å². The Labute approximate surface area is 82.1 Å². The summed E-state index contributed by atoms with van der Waals surface area (Å²) in [5, 5.41) is 1.10. The van der Waals surface area contributed by atoms with Crippen LogP contribution in [0.3, 0.4) is 0 Å². The zero-order valence-corrected chi connectivity index (χ0v) is 9.88. The summed E-state index contributed by atoms with van der Waals surface area (Å²) >= 11 is -1.22. The first-order valence-electron chi connectivity index (χ1n) is 3.85. The van der Waals surface area contributed by atoms with Gasteiger partial charge in [0.15, 0.2) is 0 Å². The average molecular weight is 247 g/mol. The zero-order chi connectivity index (χ0) is 8.97. The fraction of sp³-hybridized carbons (Fsp3) is 0.333. The van der Waals surface area contributed by atoms with Crippen LogP contribution in [-0.4, -0.2) is 20.8 Å². The Morgan fingerprint density at radius 2 is 1.92 bits per heavy atom. The Kier molecular flexibility index (Phi) is 3.97. The molecule has 0 spiro atoms. The monoisotopic (exact) mass is 246 g/mol. The summed E-state index contributed by atoms with van der Waals surface area (Å²) in [7, 11) is 7.86. The van der Waals surface area contributed by atoms with Gasteiger partial charge in [0.2, 0.25) is 0 Å². The van der Waals surface area contributed by atoms with Crippen molar-refractivity contribution in [2.24, 2.45) is 0 Å². The fourth-order valence-electron chi connectivity index (χ4n) is 0.927. The van der Waals surface area contributed by atoms with Crippen LogP contribution in [0.2, 0.25) is 5.21 Å². The summed E-state index contributed by atoms with van der Waals surface area (Å²) < 4.78 is 6.35. The van der Waals surface area contributed by atoms with E-state index in [9.17, 15) is 0 Å². The number of ether oxygens (including phenoxy) is 1. The summed E-state index contributed by atoms with van der Waals surface area (Å²) in [4.78, 5) is 0. The molecule has 12 heavy (non-hydrogen) atoms. The molecule has 1 unspecified atom stereocenters. The van der Waals surface area contributed by atoms with Crippen LogP contribution in [0.5, 0.6) is 5.75 Å². The first kappa shape index (κ1) is 9.95. The van der Waals surface area contributed by atoms with Crippen molar-refractivity contribution in [1.82, 2.24) is 0 Å². The molecule has 1 aromatic carbocycles. The molecule has 1 rings (SSSR count). The Balaban J connectivity index is 2.77. The van der Waals surface area contributed by atoms with Gasteiger partial charge in [-0.2, -0.15) is 0 Å². The summed E-state index contributed by atoms with van der Waals surface area (Å²) in [5.41, 5.74) is 0. The first-order valence-corrected chi connectivity index (χ1v) is 8.58. The Hall–Kier alpha value is -0.132. The van der Waals surface area contributed by atoms with Crippen molar-refractivity contribution in [2.75, 3.05) is 7.11 Å². The van der Waals surface area contributed by atoms with Crippen LogP contribution in [0.15, 0.2) is 24.3 Å². The van der Waals surface area contributed by atoms with Crippen LogP contribution >= 0.6 is 9.95 Å². The molecule has 0 radical (unpaired) electrons. The van der Waals surface area contributed by atoms with Crippen LogP contribution in [0, 0.1) is 0 Å². The van der Waals surface area contributed by atoms with Gasteiger partial charge in [-0.1, -0.05) is 0 Å². The normalized spacial score (nSPS) is 12.6. The topological polar surface area (TPSA) is 9.23 Å². The molecule has 3 heteroatoms. The summed E-state index contributed by atoms with van der Waals surface area (Å²) in [6, 6.07) is 8.06. The quantitative estimate of drug-likeness (QED) is 0.743. The number of hydrogen-bond donors (Lipinski definition) is 0. The molecule has 0 heterocycles. The van der Waals surface area contributed by atoms with E-state index in [1.165, 1.54) is 4.35 Å². The SMILES string of the molecule is CC[As](Cl)c1ccc(OC)cc1. The molecular formula is C9H12AsClO. The molecule has 0 bridgehead atoms. The number of methoxy groups -OCH3 is 1. The van der Waals surface area contributed by atoms with Gasteiger partial charge in [-0.05, 0) is 0 Å². The van der Waals surface area contributed by atoms with Crippen molar-refractivity contribution in [1.29, 1.82) is 0 Å². The molecule has 1 aromatic rings. The maximum atomic E-state index is 6.19. The minimum absolute atomic E-state index is 0.897. The van der Waals surface area contributed by atoms with E-state index in [-0.39, 0.29) is 0 Å². The molecule has 0 N–H and O–H groups in total. The molecule has 0 saturated carbocycles. The molecule has 1 atom stereocenters. The van der Waals surface area contributed by atoms with Gasteiger partial charge in [0, 0.05) is 0 Å². The van der Waals surface area contributed by atoms with Crippen LogP contribution in [0.25, 0.3) is 0 Å². The van der Waals surface area contributed by atoms with Gasteiger partial charge in [-0.25, -0.2) is 0 Å². The van der Waals surface area contributed by atoms with Crippen molar-refractivity contribution in [2.45, 2.75) is 12.1 Å². The maximum absolute atomic E-state index is 6.19. The third kappa shape index (κ3) is 2.43. The van der Waals surface area contributed by atoms with Gasteiger partial charge in [0.05, 0.1) is 0 Å². The molecule has 0 saturated heterocycles. The molecule has 0 aliphatic heterocycles. The minimum atomic E-state index is -1.22. The molecule has 0 aliphatic rings. The second kappa shape index (κ2) is 4.79. The van der Waals surface area contributed by atoms with Crippen LogP contribution in [0.4, 0.5) is 0 Å². The Morgan fingerprint density at radius 1 is 1.33 bits per heavy atom. The number of halogens is 1. The van der Waals surface area contributed by atoms with E-state index in [1.807, 2.05) is 12.1 Å². The van der Waals surface area contributed by atoms with Crippen LogP contribution < -0.4 is 9.09 Å². The number of hydrogen-bond acceptors (Lipinski definition) is 1. The molecule has 66 valence electrons. The van der Waals surface area contributed by atoms with Gasteiger partial charge < -0.3 is 0 Å². The average Bonchev–Trinajstić information content (AvgIpc) is 2.17. The van der Waals surface area contributed by atoms with Crippen molar-refractivity contribution >= 4 is 28.0 Å². The van der Waals surface area contributed by atoms with Crippen molar-refractivity contribution in [3.05, 3.63) is 24.3 Å². The van der Waals surface area contributed by atoms with E-state index in [0.717, 1.165) is 11.0 Å². The van der Waals surface area contributed by atoms with E-state index in [2.05, 4.69) is 19.1 Å². The second-order valence-electron chi connectivity index (χ2n) is 2.38. The van der Waals surface area contributed by atoms with Gasteiger partial charge >= 0.3 is 82.0 Å². The standard InChI is InChI=1S/C9H12AsClO/c1-3-10(11)8-4-6-9(12-2)7-5-8/h4-7H,3H2,1-2H3. The number of rotatable bonds is 3. The number of benzene rings is 1. The molecule has 1 nitrogen and oxygen atoms in total. The Bertz CT molecular complexity index is 235. The third-order valence-corrected chi connectivity index (χ3v) is 6.85. The zero-order valence-electron chi connectivity index (χ0n) is 7.25. The predicted octanol–water partition coefficient (Wildman–Crippen LogP) is 2.15. The molecule has 0 aliphatic carbocycles. The van der Waals surface area contributed by atoms with Crippen LogP contribution in [0.1, 0.15) is 6.92 Å². The summed E-state index contributed by atoms with van der Waals surface area (Å²) in [5.74, 6) is 0.897. The summed E-state index contributed by atoms with van der Waals surface area (Å²) in [6.45, 7) is 2.14. The molecule has 0 aromatic heterocycles. The van der Waals surface area contributed by atoms with E-state index >= 15 is 0 Å². The first-order chi connectivity index (χ1) is 5.77.